The highest BCUT2D eigenvalue weighted by molar-refractivity contribution is 5.79. The Hall–Kier alpha value is -1.44. The topological polar surface area (TPSA) is 131 Å². The van der Waals surface area contributed by atoms with E-state index in [2.05, 4.69) is 25.7 Å². The number of hydrogen-bond acceptors (Lipinski definition) is 10. The van der Waals surface area contributed by atoms with E-state index in [9.17, 15) is 14.7 Å². The molecule has 11 heteroatoms. The number of amides is 1. The van der Waals surface area contributed by atoms with E-state index >= 15 is 0 Å². The molecule has 8 fully saturated rings. The summed E-state index contributed by atoms with van der Waals surface area (Å²) < 4.78 is 45.9. The van der Waals surface area contributed by atoms with Crippen LogP contribution in [0.3, 0.4) is 0 Å². The second-order valence-corrected chi connectivity index (χ2v) is 15.3. The van der Waals surface area contributed by atoms with Gasteiger partial charge in [0.25, 0.3) is 0 Å². The highest BCUT2D eigenvalue weighted by atomic mass is 16.8. The third-order valence-electron chi connectivity index (χ3n) is 12.1. The Balaban J connectivity index is 0.939. The van der Waals surface area contributed by atoms with E-state index in [1.54, 1.807) is 6.92 Å². The number of nitrogens with one attached hydrogen (secondary N) is 1. The van der Waals surface area contributed by atoms with Gasteiger partial charge in [-0.15, -0.1) is 0 Å². The predicted octanol–water partition coefficient (Wildman–Crippen LogP) is 3.52. The van der Waals surface area contributed by atoms with Crippen molar-refractivity contribution in [2.75, 3.05) is 6.54 Å². The molecule has 1 amide bonds. The quantitative estimate of drug-likeness (QED) is 0.283. The molecule has 8 aliphatic heterocycles. The molecular weight excluding hydrogens is 606 g/mol. The van der Waals surface area contributed by atoms with Crippen LogP contribution in [0, 0.1) is 11.8 Å². The molecule has 8 rings (SSSR count). The van der Waals surface area contributed by atoms with Gasteiger partial charge in [-0.2, -0.15) is 0 Å². The third-order valence-corrected chi connectivity index (χ3v) is 12.1. The number of carbonyl (C=O) groups is 2. The number of carbonyl (C=O) groups excluding carboxylic acids is 2. The smallest absolute Gasteiger partial charge is 0.219 e. The largest absolute Gasteiger partial charge is 0.391 e. The average Bonchev–Trinajstić information content (AvgIpc) is 3.71. The summed E-state index contributed by atoms with van der Waals surface area (Å²) in [6.45, 7) is 12.4. The summed E-state index contributed by atoms with van der Waals surface area (Å²) in [5, 5.41) is 13.2. The van der Waals surface area contributed by atoms with Crippen LogP contribution in [0.2, 0.25) is 0 Å². The highest BCUT2D eigenvalue weighted by Gasteiger charge is 2.68. The normalized spacial score (nSPS) is 47.2. The summed E-state index contributed by atoms with van der Waals surface area (Å²) in [6, 6.07) is 0. The van der Waals surface area contributed by atoms with Crippen LogP contribution >= 0.6 is 0 Å². The van der Waals surface area contributed by atoms with Gasteiger partial charge in [0.2, 0.25) is 5.91 Å². The molecule has 8 aliphatic rings. The Kier molecular flexibility index (Phi) is 9.92. The molecule has 16 atom stereocenters. The van der Waals surface area contributed by atoms with E-state index in [0.717, 1.165) is 38.5 Å². The van der Waals surface area contributed by atoms with Gasteiger partial charge in [-0.3, -0.25) is 9.59 Å². The SMILES string of the molecule is C=C1C[C@H](CC[C@@]23CC4OC5C(O[C@H]6CC[C@H](CC(=O)C[C@@H]7[C@@H](C)[C@@H](C[C@H](O)CNC(=O)CC)O[C@H]7C)O[C@@H]6[C@@H]5O2)[C@H]4O3)O[C@H]1CC. The lowest BCUT2D eigenvalue weighted by Gasteiger charge is -2.47. The lowest BCUT2D eigenvalue weighted by atomic mass is 9.82. The van der Waals surface area contributed by atoms with Gasteiger partial charge in [0.05, 0.1) is 48.8 Å². The number of aliphatic hydroxyl groups is 1. The molecule has 0 aromatic heterocycles. The second kappa shape index (κ2) is 13.7. The van der Waals surface area contributed by atoms with Gasteiger partial charge in [-0.25, -0.2) is 0 Å². The first kappa shape index (κ1) is 34.0. The van der Waals surface area contributed by atoms with Gasteiger partial charge in [0.1, 0.15) is 36.3 Å². The molecule has 0 saturated carbocycles. The molecule has 47 heavy (non-hydrogen) atoms. The molecule has 11 nitrogen and oxygen atoms in total. The van der Waals surface area contributed by atoms with Crippen LogP contribution in [0.15, 0.2) is 12.2 Å². The molecule has 0 spiro atoms. The second-order valence-electron chi connectivity index (χ2n) is 15.3. The van der Waals surface area contributed by atoms with Crippen LogP contribution in [0.25, 0.3) is 0 Å². The van der Waals surface area contributed by atoms with E-state index in [1.165, 1.54) is 5.57 Å². The molecule has 0 radical (unpaired) electrons. The highest BCUT2D eigenvalue weighted by Crippen LogP contribution is 2.54. The Morgan fingerprint density at radius 2 is 1.70 bits per heavy atom. The average molecular weight is 662 g/mol. The fourth-order valence-electron chi connectivity index (χ4n) is 9.50. The van der Waals surface area contributed by atoms with Crippen LogP contribution < -0.4 is 5.32 Å². The lowest BCUT2D eigenvalue weighted by molar-refractivity contribution is -0.292. The molecule has 8 saturated heterocycles. The van der Waals surface area contributed by atoms with Crippen molar-refractivity contribution in [2.45, 2.75) is 183 Å². The van der Waals surface area contributed by atoms with Gasteiger partial charge in [0, 0.05) is 45.1 Å². The lowest BCUT2D eigenvalue weighted by Crippen LogP contribution is -2.61. The van der Waals surface area contributed by atoms with Gasteiger partial charge in [-0.1, -0.05) is 27.4 Å². The first-order chi connectivity index (χ1) is 22.6. The molecule has 264 valence electrons. The van der Waals surface area contributed by atoms with Crippen molar-refractivity contribution >= 4 is 11.7 Å². The van der Waals surface area contributed by atoms with E-state index in [1.807, 2.05) is 6.92 Å². The summed E-state index contributed by atoms with van der Waals surface area (Å²) >= 11 is 0. The summed E-state index contributed by atoms with van der Waals surface area (Å²) in [7, 11) is 0. The molecule has 0 aromatic carbocycles. The minimum absolute atomic E-state index is 0.0481. The molecular formula is C36H55NO10. The predicted molar refractivity (Wildman–Crippen MR) is 169 cm³/mol. The molecule has 8 heterocycles. The van der Waals surface area contributed by atoms with Crippen molar-refractivity contribution in [3.8, 4) is 0 Å². The standard InChI is InChI=1S/C36H55NO10/c1-6-26-18(3)12-24(42-26)10-11-36-16-29-32(46-36)33-34(45-29)35(47-36)31-27(44-33)9-8-23(43-31)13-21(38)14-25-19(4)28(41-20(25)5)15-22(39)17-37-30(40)7-2/h19-20,22-29,31-35,39H,3,6-17H2,1-2,4-5H3,(H,37,40)/t19-,20+,22+,23-,24+,25-,26+,27+,28-,29?,31+,32+,33?,34?,35+,36+/m1/s1. The number of rotatable bonds is 13. The first-order valence-corrected chi connectivity index (χ1v) is 18.3. The van der Waals surface area contributed by atoms with Gasteiger partial charge in [-0.05, 0) is 56.4 Å². The summed E-state index contributed by atoms with van der Waals surface area (Å²) in [5.74, 6) is -0.494. The third kappa shape index (κ3) is 6.72. The van der Waals surface area contributed by atoms with E-state index < -0.39 is 11.9 Å². The van der Waals surface area contributed by atoms with E-state index in [4.69, 9.17) is 33.2 Å². The molecule has 6 bridgehead atoms. The maximum Gasteiger partial charge on any atom is 0.219 e. The maximum atomic E-state index is 13.5. The van der Waals surface area contributed by atoms with Gasteiger partial charge in [0.15, 0.2) is 5.79 Å². The van der Waals surface area contributed by atoms with Crippen LogP contribution in [0.1, 0.15) is 98.3 Å². The van der Waals surface area contributed by atoms with Crippen LogP contribution in [0.5, 0.6) is 0 Å². The van der Waals surface area contributed by atoms with Crippen LogP contribution in [0.4, 0.5) is 0 Å². The minimum Gasteiger partial charge on any atom is -0.391 e. The zero-order valence-electron chi connectivity index (χ0n) is 28.5. The first-order valence-electron chi connectivity index (χ1n) is 18.3. The number of Topliss-reactive ketones (excluding diaryl/α,β-unsaturated/α-hetero) is 1. The minimum atomic E-state index is -0.747. The molecule has 3 unspecified atom stereocenters. The van der Waals surface area contributed by atoms with Crippen molar-refractivity contribution in [3.63, 3.8) is 0 Å². The molecule has 2 N–H and O–H groups in total. The summed E-state index contributed by atoms with van der Waals surface area (Å²) in [6.07, 6.45) is 4.96. The zero-order chi connectivity index (χ0) is 33.0. The van der Waals surface area contributed by atoms with E-state index in [-0.39, 0.29) is 103 Å². The number of ketones is 1. The summed E-state index contributed by atoms with van der Waals surface area (Å²) in [5.41, 5.74) is 1.17. The van der Waals surface area contributed by atoms with Crippen molar-refractivity contribution in [1.29, 1.82) is 0 Å². The zero-order valence-corrected chi connectivity index (χ0v) is 28.5. The number of aliphatic hydroxyl groups excluding tert-OH is 1. The summed E-state index contributed by atoms with van der Waals surface area (Å²) in [4.78, 5) is 25.1. The van der Waals surface area contributed by atoms with Crippen molar-refractivity contribution in [2.24, 2.45) is 11.8 Å². The fraction of sp³-hybridized carbons (Fsp3) is 0.889. The van der Waals surface area contributed by atoms with Crippen molar-refractivity contribution in [1.82, 2.24) is 5.32 Å². The molecule has 0 aromatic rings. The fourth-order valence-corrected chi connectivity index (χ4v) is 9.50. The number of fused-ring (bicyclic) bond motifs is 1. The van der Waals surface area contributed by atoms with E-state index in [0.29, 0.717) is 32.1 Å². The number of hydrogen-bond donors (Lipinski definition) is 2. The Labute approximate surface area is 278 Å². The van der Waals surface area contributed by atoms with Crippen molar-refractivity contribution in [3.05, 3.63) is 12.2 Å². The monoisotopic (exact) mass is 661 g/mol. The maximum absolute atomic E-state index is 13.5. The van der Waals surface area contributed by atoms with Crippen molar-refractivity contribution < 1.29 is 47.9 Å². The Morgan fingerprint density at radius 3 is 2.47 bits per heavy atom. The molecule has 0 aliphatic carbocycles. The number of ether oxygens (including phenoxy) is 7. The van der Waals surface area contributed by atoms with Gasteiger partial charge >= 0.3 is 0 Å². The Morgan fingerprint density at radius 1 is 0.936 bits per heavy atom. The van der Waals surface area contributed by atoms with Gasteiger partial charge < -0.3 is 43.6 Å². The van der Waals surface area contributed by atoms with Crippen LogP contribution in [-0.2, 0) is 42.7 Å². The van der Waals surface area contributed by atoms with Crippen LogP contribution in [-0.4, -0.2) is 108 Å². The Bertz CT molecular complexity index is 1180.